The fraction of sp³-hybridized carbons (Fsp3) is 0.462. The number of aliphatic hydroxyl groups is 1. The highest BCUT2D eigenvalue weighted by atomic mass is 19.2. The van der Waals surface area contributed by atoms with Gasteiger partial charge in [-0.25, -0.2) is 17.6 Å². The third-order valence-corrected chi connectivity index (χ3v) is 3.30. The fourth-order valence-corrected chi connectivity index (χ4v) is 2.12. The van der Waals surface area contributed by atoms with Crippen molar-refractivity contribution in [3.8, 4) is 0 Å². The lowest BCUT2D eigenvalue weighted by atomic mass is 10.1. The third-order valence-electron chi connectivity index (χ3n) is 3.30. The van der Waals surface area contributed by atoms with Gasteiger partial charge in [0.25, 0.3) is 5.91 Å². The number of amides is 1. The molecule has 2 rings (SSSR count). The second-order valence-electron chi connectivity index (χ2n) is 4.79. The van der Waals surface area contributed by atoms with Crippen molar-refractivity contribution in [3.05, 3.63) is 34.9 Å². The Morgan fingerprint density at radius 1 is 1.33 bits per heavy atom. The van der Waals surface area contributed by atoms with Crippen LogP contribution in [0.2, 0.25) is 0 Å². The molecule has 116 valence electrons. The smallest absolute Gasteiger partial charge is 0.260 e. The maximum atomic E-state index is 13.6. The summed E-state index contributed by atoms with van der Waals surface area (Å²) in [6, 6.07) is -0.508. The van der Waals surface area contributed by atoms with Crippen LogP contribution in [-0.4, -0.2) is 47.8 Å². The summed E-state index contributed by atoms with van der Waals surface area (Å²) in [5.41, 5.74) is -1.28. The molecule has 0 aliphatic carbocycles. The summed E-state index contributed by atoms with van der Waals surface area (Å²) in [6.07, 6.45) is -0.713. The number of hydrogen-bond donors (Lipinski definition) is 1. The summed E-state index contributed by atoms with van der Waals surface area (Å²) in [4.78, 5) is 13.2. The van der Waals surface area contributed by atoms with Crippen molar-refractivity contribution in [1.29, 1.82) is 0 Å². The summed E-state index contributed by atoms with van der Waals surface area (Å²) in [5, 5.41) is 9.01. The van der Waals surface area contributed by atoms with Gasteiger partial charge in [0.1, 0.15) is 5.56 Å². The molecule has 8 heteroatoms. The van der Waals surface area contributed by atoms with Crippen LogP contribution in [0.3, 0.4) is 0 Å². The van der Waals surface area contributed by atoms with Crippen molar-refractivity contribution < 1.29 is 32.2 Å². The number of ether oxygens (including phenoxy) is 1. The molecule has 1 heterocycles. The van der Waals surface area contributed by atoms with Gasteiger partial charge in [0.05, 0.1) is 25.4 Å². The lowest BCUT2D eigenvalue weighted by molar-refractivity contribution is -0.0669. The van der Waals surface area contributed by atoms with E-state index in [4.69, 9.17) is 9.84 Å². The Hall–Kier alpha value is -1.67. The Morgan fingerprint density at radius 3 is 2.43 bits per heavy atom. The summed E-state index contributed by atoms with van der Waals surface area (Å²) in [7, 11) is 0. The molecule has 4 nitrogen and oxygen atoms in total. The topological polar surface area (TPSA) is 49.8 Å². The van der Waals surface area contributed by atoms with Gasteiger partial charge in [0.15, 0.2) is 23.3 Å². The van der Waals surface area contributed by atoms with E-state index in [9.17, 15) is 22.4 Å². The van der Waals surface area contributed by atoms with Gasteiger partial charge < -0.3 is 14.7 Å². The molecule has 0 aromatic heterocycles. The molecular formula is C13H13F4NO3. The molecule has 1 aliphatic heterocycles. The van der Waals surface area contributed by atoms with E-state index in [0.717, 1.165) is 4.90 Å². The standard InChI is InChI=1S/C13H13F4NO3/c1-6-5-21-7(4-19)3-18(6)13(20)10-11(16)8(14)2-9(15)12(10)17/h2,6-7,19H,3-5H2,1H3. The van der Waals surface area contributed by atoms with Gasteiger partial charge in [0, 0.05) is 12.6 Å². The van der Waals surface area contributed by atoms with Crippen LogP contribution < -0.4 is 0 Å². The fourth-order valence-electron chi connectivity index (χ4n) is 2.12. The molecule has 0 bridgehead atoms. The number of rotatable bonds is 2. The molecule has 0 spiro atoms. The zero-order chi connectivity index (χ0) is 15.7. The van der Waals surface area contributed by atoms with Crippen LogP contribution in [0.4, 0.5) is 17.6 Å². The Kier molecular flexibility index (Phi) is 4.48. The Bertz CT molecular complexity index is 541. The highest BCUT2D eigenvalue weighted by Gasteiger charge is 2.34. The van der Waals surface area contributed by atoms with Gasteiger partial charge in [-0.2, -0.15) is 0 Å². The normalized spacial score (nSPS) is 22.5. The zero-order valence-electron chi connectivity index (χ0n) is 11.1. The van der Waals surface area contributed by atoms with Crippen LogP contribution in [0, 0.1) is 23.3 Å². The Balaban J connectivity index is 2.40. The molecule has 1 amide bonds. The molecule has 1 aliphatic rings. The van der Waals surface area contributed by atoms with Gasteiger partial charge in [0.2, 0.25) is 0 Å². The summed E-state index contributed by atoms with van der Waals surface area (Å²) in [6.45, 7) is 1.07. The molecule has 1 N–H and O–H groups in total. The third kappa shape index (κ3) is 2.86. The first-order valence-corrected chi connectivity index (χ1v) is 6.23. The van der Waals surface area contributed by atoms with E-state index in [2.05, 4.69) is 0 Å². The molecule has 21 heavy (non-hydrogen) atoms. The molecule has 2 unspecified atom stereocenters. The molecule has 0 saturated carbocycles. The van der Waals surface area contributed by atoms with Gasteiger partial charge in [-0.05, 0) is 6.92 Å². The number of benzene rings is 1. The first-order valence-electron chi connectivity index (χ1n) is 6.23. The van der Waals surface area contributed by atoms with Crippen molar-refractivity contribution >= 4 is 5.91 Å². The molecule has 1 saturated heterocycles. The number of morpholine rings is 1. The van der Waals surface area contributed by atoms with Gasteiger partial charge >= 0.3 is 0 Å². The van der Waals surface area contributed by atoms with E-state index in [0.29, 0.717) is 0 Å². The summed E-state index contributed by atoms with van der Waals surface area (Å²) >= 11 is 0. The number of carbonyl (C=O) groups excluding carboxylic acids is 1. The number of halogens is 4. The molecule has 2 atom stereocenters. The number of hydrogen-bond acceptors (Lipinski definition) is 3. The van der Waals surface area contributed by atoms with Crippen molar-refractivity contribution in [2.75, 3.05) is 19.8 Å². The van der Waals surface area contributed by atoms with Gasteiger partial charge in [-0.15, -0.1) is 0 Å². The minimum atomic E-state index is -1.74. The van der Waals surface area contributed by atoms with Crippen LogP contribution in [0.1, 0.15) is 17.3 Å². The average Bonchev–Trinajstić information content (AvgIpc) is 2.46. The SMILES string of the molecule is CC1COC(CO)CN1C(=O)c1c(F)c(F)cc(F)c1F. The summed E-state index contributed by atoms with van der Waals surface area (Å²) < 4.78 is 58.8. The second kappa shape index (κ2) is 5.98. The molecule has 0 radical (unpaired) electrons. The van der Waals surface area contributed by atoms with Crippen molar-refractivity contribution in [3.63, 3.8) is 0 Å². The van der Waals surface area contributed by atoms with E-state index in [-0.39, 0.29) is 25.8 Å². The van der Waals surface area contributed by atoms with Crippen LogP contribution in [0.15, 0.2) is 6.07 Å². The monoisotopic (exact) mass is 307 g/mol. The molecule has 1 aromatic rings. The van der Waals surface area contributed by atoms with Crippen molar-refractivity contribution in [2.24, 2.45) is 0 Å². The van der Waals surface area contributed by atoms with E-state index >= 15 is 0 Å². The van der Waals surface area contributed by atoms with Crippen molar-refractivity contribution in [1.82, 2.24) is 4.90 Å². The van der Waals surface area contributed by atoms with Crippen LogP contribution in [0.25, 0.3) is 0 Å². The molecule has 1 fully saturated rings. The van der Waals surface area contributed by atoms with Gasteiger partial charge in [-0.1, -0.05) is 0 Å². The quantitative estimate of drug-likeness (QED) is 0.665. The number of nitrogens with zero attached hydrogens (tertiary/aromatic N) is 1. The lowest BCUT2D eigenvalue weighted by Gasteiger charge is -2.37. The van der Waals surface area contributed by atoms with Crippen LogP contribution >= 0.6 is 0 Å². The largest absolute Gasteiger partial charge is 0.394 e. The van der Waals surface area contributed by atoms with E-state index in [1.54, 1.807) is 6.92 Å². The maximum absolute atomic E-state index is 13.6. The van der Waals surface area contributed by atoms with Crippen LogP contribution in [-0.2, 0) is 4.74 Å². The second-order valence-corrected chi connectivity index (χ2v) is 4.79. The number of carbonyl (C=O) groups is 1. The van der Waals surface area contributed by atoms with Crippen LogP contribution in [0.5, 0.6) is 0 Å². The van der Waals surface area contributed by atoms with E-state index in [1.807, 2.05) is 0 Å². The number of aliphatic hydroxyl groups excluding tert-OH is 1. The Morgan fingerprint density at radius 2 is 1.90 bits per heavy atom. The first kappa shape index (κ1) is 15.7. The maximum Gasteiger partial charge on any atom is 0.260 e. The van der Waals surface area contributed by atoms with Crippen molar-refractivity contribution in [2.45, 2.75) is 19.1 Å². The van der Waals surface area contributed by atoms with Gasteiger partial charge in [-0.3, -0.25) is 4.79 Å². The minimum Gasteiger partial charge on any atom is -0.394 e. The highest BCUT2D eigenvalue weighted by Crippen LogP contribution is 2.23. The van der Waals surface area contributed by atoms with E-state index < -0.39 is 46.9 Å². The average molecular weight is 307 g/mol. The molecular weight excluding hydrogens is 294 g/mol. The summed E-state index contributed by atoms with van der Waals surface area (Å²) in [5.74, 6) is -7.94. The predicted molar refractivity (Wildman–Crippen MR) is 63.6 cm³/mol. The zero-order valence-corrected chi connectivity index (χ0v) is 11.1. The Labute approximate surface area is 117 Å². The predicted octanol–water partition coefficient (Wildman–Crippen LogP) is 1.46. The lowest BCUT2D eigenvalue weighted by Crippen LogP contribution is -2.52. The van der Waals surface area contributed by atoms with E-state index in [1.165, 1.54) is 0 Å². The minimum absolute atomic E-state index is 0.0397. The highest BCUT2D eigenvalue weighted by molar-refractivity contribution is 5.95. The molecule has 1 aromatic carbocycles. The first-order chi connectivity index (χ1) is 9.86.